The summed E-state index contributed by atoms with van der Waals surface area (Å²) < 4.78 is 13.8. The van der Waals surface area contributed by atoms with Gasteiger partial charge in [-0.1, -0.05) is 77.8 Å². The Morgan fingerprint density at radius 2 is 1.67 bits per heavy atom. The van der Waals surface area contributed by atoms with Crippen LogP contribution in [0.2, 0.25) is 10.0 Å². The van der Waals surface area contributed by atoms with Gasteiger partial charge in [0.15, 0.2) is 0 Å². The minimum atomic E-state index is -1.18. The highest BCUT2D eigenvalue weighted by atomic mass is 35.5. The topological polar surface area (TPSA) is 98.7 Å². The lowest BCUT2D eigenvalue weighted by molar-refractivity contribution is -0.139. The highest BCUT2D eigenvalue weighted by Crippen LogP contribution is 2.25. The van der Waals surface area contributed by atoms with Crippen molar-refractivity contribution in [3.63, 3.8) is 0 Å². The number of carbonyl (C=O) groups is 3. The Kier molecular flexibility index (Phi) is 9.22. The molecule has 3 amide bonds. The molecule has 3 aromatic carbocycles. The van der Waals surface area contributed by atoms with E-state index in [1.807, 2.05) is 30.3 Å². The van der Waals surface area contributed by atoms with Crippen molar-refractivity contribution < 1.29 is 23.9 Å². The molecule has 0 unspecified atom stereocenters. The van der Waals surface area contributed by atoms with Crippen LogP contribution in [0.25, 0.3) is 5.57 Å². The smallest absolute Gasteiger partial charge is 0.326 e. The zero-order chi connectivity index (χ0) is 27.9. The van der Waals surface area contributed by atoms with Crippen LogP contribution in [0.15, 0.2) is 72.8 Å². The van der Waals surface area contributed by atoms with E-state index in [0.717, 1.165) is 16.7 Å². The second-order valence-electron chi connectivity index (χ2n) is 9.04. The van der Waals surface area contributed by atoms with E-state index in [1.165, 1.54) is 18.2 Å². The van der Waals surface area contributed by atoms with Gasteiger partial charge >= 0.3 is 12.0 Å². The predicted octanol–water partition coefficient (Wildman–Crippen LogP) is 5.56. The second kappa shape index (κ2) is 12.8. The molecule has 0 spiro atoms. The van der Waals surface area contributed by atoms with Gasteiger partial charge in [0, 0.05) is 31.6 Å². The third-order valence-corrected chi connectivity index (χ3v) is 7.07. The first kappa shape index (κ1) is 28.1. The first-order valence-electron chi connectivity index (χ1n) is 12.2. The number of hydrogen-bond acceptors (Lipinski definition) is 3. The summed E-state index contributed by atoms with van der Waals surface area (Å²) in [4.78, 5) is 38.7. The Morgan fingerprint density at radius 3 is 2.28 bits per heavy atom. The zero-order valence-corrected chi connectivity index (χ0v) is 22.3. The second-order valence-corrected chi connectivity index (χ2v) is 9.85. The van der Waals surface area contributed by atoms with E-state index in [0.29, 0.717) is 25.1 Å². The van der Waals surface area contributed by atoms with E-state index in [9.17, 15) is 23.9 Å². The van der Waals surface area contributed by atoms with Crippen LogP contribution in [0.5, 0.6) is 0 Å². The first-order valence-corrected chi connectivity index (χ1v) is 13.0. The lowest BCUT2D eigenvalue weighted by Crippen LogP contribution is -2.42. The third kappa shape index (κ3) is 7.16. The molecule has 3 aromatic rings. The fourth-order valence-electron chi connectivity index (χ4n) is 4.28. The number of rotatable bonds is 8. The Morgan fingerprint density at radius 1 is 0.974 bits per heavy atom. The minimum absolute atomic E-state index is 0.0293. The van der Waals surface area contributed by atoms with Gasteiger partial charge in [-0.05, 0) is 41.3 Å². The van der Waals surface area contributed by atoms with Gasteiger partial charge in [-0.15, -0.1) is 0 Å². The number of carboxylic acid groups (broad SMARTS) is 1. The molecule has 1 aliphatic heterocycles. The van der Waals surface area contributed by atoms with Crippen molar-refractivity contribution in [2.24, 2.45) is 0 Å². The molecule has 0 radical (unpaired) electrons. The summed E-state index contributed by atoms with van der Waals surface area (Å²) in [5.74, 6) is -2.20. The quantitative estimate of drug-likeness (QED) is 0.331. The molecule has 1 atom stereocenters. The fraction of sp³-hybridized carbons (Fsp3) is 0.207. The molecule has 3 N–H and O–H groups in total. The molecular formula is C29H26Cl2FN3O4. The first-order chi connectivity index (χ1) is 18.7. The number of amides is 3. The molecule has 7 nitrogen and oxygen atoms in total. The molecule has 0 fully saturated rings. The van der Waals surface area contributed by atoms with Crippen molar-refractivity contribution in [3.05, 3.63) is 111 Å². The highest BCUT2D eigenvalue weighted by molar-refractivity contribution is 6.39. The maximum Gasteiger partial charge on any atom is 0.326 e. The summed E-state index contributed by atoms with van der Waals surface area (Å²) >= 11 is 12.2. The summed E-state index contributed by atoms with van der Waals surface area (Å²) in [7, 11) is 0. The Bertz CT molecular complexity index is 1390. The largest absolute Gasteiger partial charge is 0.480 e. The summed E-state index contributed by atoms with van der Waals surface area (Å²) in [6.45, 7) is 1.04. The van der Waals surface area contributed by atoms with Crippen molar-refractivity contribution in [2.45, 2.75) is 25.4 Å². The van der Waals surface area contributed by atoms with Crippen LogP contribution in [0.4, 0.5) is 9.18 Å². The number of carboxylic acids is 1. The molecule has 0 saturated carbocycles. The van der Waals surface area contributed by atoms with Crippen LogP contribution in [-0.4, -0.2) is 47.0 Å². The van der Waals surface area contributed by atoms with Gasteiger partial charge in [0.1, 0.15) is 11.9 Å². The van der Waals surface area contributed by atoms with Gasteiger partial charge in [0.2, 0.25) is 0 Å². The molecule has 4 rings (SSSR count). The maximum atomic E-state index is 13.8. The van der Waals surface area contributed by atoms with Crippen LogP contribution in [0, 0.1) is 5.82 Å². The van der Waals surface area contributed by atoms with Crippen LogP contribution in [0.3, 0.4) is 0 Å². The summed E-state index contributed by atoms with van der Waals surface area (Å²) in [5.41, 5.74) is 3.21. The van der Waals surface area contributed by atoms with Crippen molar-refractivity contribution in [1.82, 2.24) is 15.5 Å². The molecule has 0 bridgehead atoms. The molecule has 0 aromatic heterocycles. The normalized spacial score (nSPS) is 13.8. The number of hydrogen-bond donors (Lipinski definition) is 3. The van der Waals surface area contributed by atoms with Crippen LogP contribution in [-0.2, 0) is 17.8 Å². The average Bonchev–Trinajstić information content (AvgIpc) is 2.92. The number of halogens is 3. The Hall–Kier alpha value is -3.88. The number of urea groups is 1. The van der Waals surface area contributed by atoms with E-state index in [2.05, 4.69) is 10.6 Å². The number of nitrogens with one attached hydrogen (secondary N) is 2. The lowest BCUT2D eigenvalue weighted by Gasteiger charge is -2.27. The van der Waals surface area contributed by atoms with Crippen molar-refractivity contribution in [3.8, 4) is 0 Å². The molecule has 10 heteroatoms. The van der Waals surface area contributed by atoms with Crippen molar-refractivity contribution in [2.75, 3.05) is 13.1 Å². The third-order valence-electron chi connectivity index (χ3n) is 6.44. The van der Waals surface area contributed by atoms with Gasteiger partial charge in [0.25, 0.3) is 5.91 Å². The standard InChI is InChI=1S/C29H26Cl2FN3O4/c30-22-5-3-6-23(31)26(22)27(36)34-25(28(37)38)16-18-8-10-19(11-9-18)20-12-14-35(15-13-20)29(39)33-17-21-4-1-2-7-24(21)32/h1-12,25H,13-17H2,(H,33,39)(H,34,36)(H,37,38)/t25-/m0/s1. The Balaban J connectivity index is 1.34. The Labute approximate surface area is 235 Å². The van der Waals surface area contributed by atoms with Gasteiger partial charge in [0.05, 0.1) is 15.6 Å². The van der Waals surface area contributed by atoms with Crippen molar-refractivity contribution in [1.29, 1.82) is 0 Å². The molecule has 1 heterocycles. The van der Waals surface area contributed by atoms with Gasteiger partial charge in [-0.3, -0.25) is 4.79 Å². The van der Waals surface area contributed by atoms with Gasteiger partial charge in [-0.25, -0.2) is 14.0 Å². The lowest BCUT2D eigenvalue weighted by atomic mass is 9.97. The number of aliphatic carboxylic acids is 1. The molecule has 39 heavy (non-hydrogen) atoms. The highest BCUT2D eigenvalue weighted by Gasteiger charge is 2.24. The monoisotopic (exact) mass is 569 g/mol. The molecule has 202 valence electrons. The SMILES string of the molecule is O=C(N[C@@H](Cc1ccc(C2=CCN(C(=O)NCc3ccccc3F)CC2)cc1)C(=O)O)c1c(Cl)cccc1Cl. The average molecular weight is 570 g/mol. The van der Waals surface area contributed by atoms with E-state index in [1.54, 1.807) is 29.2 Å². The van der Waals surface area contributed by atoms with E-state index < -0.39 is 17.9 Å². The van der Waals surface area contributed by atoms with E-state index >= 15 is 0 Å². The number of benzene rings is 3. The fourth-order valence-corrected chi connectivity index (χ4v) is 4.85. The van der Waals surface area contributed by atoms with Gasteiger partial charge < -0.3 is 20.6 Å². The van der Waals surface area contributed by atoms with Crippen LogP contribution in [0.1, 0.15) is 33.5 Å². The van der Waals surface area contributed by atoms with Crippen molar-refractivity contribution >= 4 is 46.7 Å². The minimum Gasteiger partial charge on any atom is -0.480 e. The zero-order valence-electron chi connectivity index (χ0n) is 20.8. The molecule has 1 aliphatic rings. The molecular weight excluding hydrogens is 544 g/mol. The molecule has 0 saturated heterocycles. The van der Waals surface area contributed by atoms with Crippen LogP contribution < -0.4 is 10.6 Å². The van der Waals surface area contributed by atoms with Crippen LogP contribution >= 0.6 is 23.2 Å². The van der Waals surface area contributed by atoms with E-state index in [-0.39, 0.29) is 40.4 Å². The maximum absolute atomic E-state index is 13.8. The summed E-state index contributed by atoms with van der Waals surface area (Å²) in [6.07, 6.45) is 2.67. The summed E-state index contributed by atoms with van der Waals surface area (Å²) in [6, 6.07) is 16.9. The van der Waals surface area contributed by atoms with Gasteiger partial charge in [-0.2, -0.15) is 0 Å². The predicted molar refractivity (Wildman–Crippen MR) is 148 cm³/mol. The molecule has 0 aliphatic carbocycles. The van der Waals surface area contributed by atoms with E-state index in [4.69, 9.17) is 23.2 Å². The number of carbonyl (C=O) groups excluding carboxylic acids is 2. The summed E-state index contributed by atoms with van der Waals surface area (Å²) in [5, 5.41) is 15.2. The number of nitrogens with zero attached hydrogens (tertiary/aromatic N) is 1.